The molecule has 0 aliphatic heterocycles. The van der Waals surface area contributed by atoms with E-state index in [0.29, 0.717) is 25.7 Å². The third-order valence-electron chi connectivity index (χ3n) is 4.97. The van der Waals surface area contributed by atoms with Crippen molar-refractivity contribution in [2.45, 2.75) is 117 Å². The van der Waals surface area contributed by atoms with Crippen molar-refractivity contribution >= 4 is 19.5 Å². The molecule has 0 amide bonds. The normalized spacial score (nSPS) is 19.1. The van der Waals surface area contributed by atoms with Crippen molar-refractivity contribution in [2.75, 3.05) is 0 Å². The van der Waals surface area contributed by atoms with Gasteiger partial charge in [0.1, 0.15) is 0 Å². The Morgan fingerprint density at radius 2 is 1.23 bits per heavy atom. The first-order valence-corrected chi connectivity index (χ1v) is 12.2. The van der Waals surface area contributed by atoms with E-state index in [-0.39, 0.29) is 0 Å². The van der Waals surface area contributed by atoms with Gasteiger partial charge in [0.25, 0.3) is 0 Å². The van der Waals surface area contributed by atoms with Crippen LogP contribution < -0.4 is 0 Å². The predicted octanol–water partition coefficient (Wildman–Crippen LogP) is 3.54. The first-order chi connectivity index (χ1) is 13.8. The monoisotopic (exact) mass is 454 g/mol. The van der Waals surface area contributed by atoms with Gasteiger partial charge in [0, 0.05) is 0 Å². The van der Waals surface area contributed by atoms with Crippen molar-refractivity contribution in [1.82, 2.24) is 0 Å². The van der Waals surface area contributed by atoms with Crippen LogP contribution in [0.1, 0.15) is 81.1 Å². The molecule has 0 rings (SSSR count). The van der Waals surface area contributed by atoms with E-state index in [2.05, 4.69) is 0 Å². The lowest BCUT2D eigenvalue weighted by Crippen LogP contribution is -2.59. The van der Waals surface area contributed by atoms with Crippen LogP contribution in [0.25, 0.3) is 0 Å². The number of hydrogen-bond donors (Lipinski definition) is 2. The molecule has 0 aliphatic carbocycles. The van der Waals surface area contributed by atoms with Crippen molar-refractivity contribution in [3.8, 4) is 0 Å². The highest BCUT2D eigenvalue weighted by Gasteiger charge is 2.67. The molecule has 10 heteroatoms. The molecule has 0 fully saturated rings. The molecule has 6 unspecified atom stereocenters. The number of hydrogen-bond acceptors (Lipinski definition) is 7. The van der Waals surface area contributed by atoms with Crippen LogP contribution in [0.4, 0.5) is 0 Å². The van der Waals surface area contributed by atoms with E-state index >= 15 is 0 Å². The lowest BCUT2D eigenvalue weighted by atomic mass is 10.1. The molecule has 0 radical (unpaired) electrons. The topological polar surface area (TPSA) is 129 Å². The smallest absolute Gasteiger partial charge is 0.372 e. The summed E-state index contributed by atoms with van der Waals surface area (Å²) in [5.41, 5.74) is 0. The second-order valence-electron chi connectivity index (χ2n) is 7.59. The maximum absolute atomic E-state index is 13.2. The Balaban J connectivity index is 6.69. The van der Waals surface area contributed by atoms with Crippen LogP contribution in [0, 0.1) is 0 Å². The minimum absolute atomic E-state index is 0.328. The third kappa shape index (κ3) is 7.61. The fourth-order valence-corrected chi connectivity index (χ4v) is 3.36. The SMILES string of the molecule is CCC(C)OC(=O)C(OC(C)CC)C(OC(C)CC)(C(=O)OC(C)CC)P(=O)(O)O. The zero-order valence-electron chi connectivity index (χ0n) is 19.4. The molecular weight excluding hydrogens is 415 g/mol. The van der Waals surface area contributed by atoms with Crippen LogP contribution >= 0.6 is 7.60 Å². The van der Waals surface area contributed by atoms with Gasteiger partial charge in [0.15, 0.2) is 0 Å². The Morgan fingerprint density at radius 3 is 1.63 bits per heavy atom. The second-order valence-corrected chi connectivity index (χ2v) is 9.34. The van der Waals surface area contributed by atoms with E-state index < -0.39 is 55.4 Å². The van der Waals surface area contributed by atoms with Gasteiger partial charge in [-0.3, -0.25) is 4.57 Å². The zero-order chi connectivity index (χ0) is 23.7. The van der Waals surface area contributed by atoms with Crippen LogP contribution in [0.2, 0.25) is 0 Å². The van der Waals surface area contributed by atoms with Crippen LogP contribution in [-0.2, 0) is 33.1 Å². The largest absolute Gasteiger partial charge is 0.461 e. The standard InChI is InChI=1S/C20H39O9P/c1-9-13(5)26-17(18(21)27-14(6)10-2)20(30(23,24)25,29-16(8)12-4)19(22)28-15(7)11-3/h13-17H,9-12H2,1-8H3,(H2,23,24,25). The molecule has 9 nitrogen and oxygen atoms in total. The maximum atomic E-state index is 13.2. The summed E-state index contributed by atoms with van der Waals surface area (Å²) in [4.78, 5) is 46.8. The van der Waals surface area contributed by atoms with E-state index in [4.69, 9.17) is 18.9 Å². The van der Waals surface area contributed by atoms with E-state index in [1.807, 2.05) is 0 Å². The minimum atomic E-state index is -5.45. The molecule has 0 aromatic rings. The van der Waals surface area contributed by atoms with Crippen molar-refractivity contribution in [3.63, 3.8) is 0 Å². The van der Waals surface area contributed by atoms with Crippen LogP contribution in [0.15, 0.2) is 0 Å². The van der Waals surface area contributed by atoms with Crippen molar-refractivity contribution in [1.29, 1.82) is 0 Å². The van der Waals surface area contributed by atoms with E-state index in [0.717, 1.165) is 0 Å². The summed E-state index contributed by atoms with van der Waals surface area (Å²) in [7, 11) is -5.45. The summed E-state index contributed by atoms with van der Waals surface area (Å²) in [5, 5.41) is -2.99. The minimum Gasteiger partial charge on any atom is -0.461 e. The van der Waals surface area contributed by atoms with Crippen LogP contribution in [0.3, 0.4) is 0 Å². The molecule has 30 heavy (non-hydrogen) atoms. The van der Waals surface area contributed by atoms with Gasteiger partial charge in [-0.1, -0.05) is 27.7 Å². The average Bonchev–Trinajstić information content (AvgIpc) is 2.68. The summed E-state index contributed by atoms with van der Waals surface area (Å²) < 4.78 is 34.7. The van der Waals surface area contributed by atoms with Gasteiger partial charge < -0.3 is 28.7 Å². The summed E-state index contributed by atoms with van der Waals surface area (Å²) in [6.07, 6.45) is -2.97. The summed E-state index contributed by atoms with van der Waals surface area (Å²) in [6.45, 7) is 13.4. The van der Waals surface area contributed by atoms with Crippen molar-refractivity contribution in [2.24, 2.45) is 0 Å². The zero-order valence-corrected chi connectivity index (χ0v) is 20.3. The van der Waals surface area contributed by atoms with E-state index in [9.17, 15) is 23.9 Å². The Hall–Kier alpha value is -0.990. The Bertz CT molecular complexity index is 591. The number of carbonyl (C=O) groups is 2. The Morgan fingerprint density at radius 1 is 0.800 bits per heavy atom. The lowest BCUT2D eigenvalue weighted by Gasteiger charge is -2.39. The molecule has 0 bridgehead atoms. The molecule has 0 saturated carbocycles. The number of carbonyl (C=O) groups excluding carboxylic acids is 2. The molecule has 0 spiro atoms. The third-order valence-corrected chi connectivity index (χ3v) is 6.36. The predicted molar refractivity (Wildman–Crippen MR) is 112 cm³/mol. The Kier molecular flexibility index (Phi) is 12.3. The molecule has 0 saturated heterocycles. The molecule has 0 aliphatic rings. The highest BCUT2D eigenvalue weighted by atomic mass is 31.2. The van der Waals surface area contributed by atoms with E-state index in [1.54, 1.807) is 55.4 Å². The van der Waals surface area contributed by atoms with E-state index in [1.165, 1.54) is 0 Å². The van der Waals surface area contributed by atoms with Crippen LogP contribution in [-0.4, -0.2) is 57.6 Å². The molecule has 0 heterocycles. The molecule has 6 atom stereocenters. The maximum Gasteiger partial charge on any atom is 0.372 e. The first-order valence-electron chi connectivity index (χ1n) is 10.6. The van der Waals surface area contributed by atoms with Gasteiger partial charge >= 0.3 is 24.9 Å². The fraction of sp³-hybridized carbons (Fsp3) is 0.900. The average molecular weight is 454 g/mol. The molecular formula is C20H39O9P. The summed E-state index contributed by atoms with van der Waals surface area (Å²) in [5.74, 6) is -2.43. The van der Waals surface area contributed by atoms with Crippen LogP contribution in [0.5, 0.6) is 0 Å². The summed E-state index contributed by atoms with van der Waals surface area (Å²) >= 11 is 0. The van der Waals surface area contributed by atoms with Gasteiger partial charge in [-0.15, -0.1) is 0 Å². The molecule has 0 aromatic heterocycles. The second kappa shape index (κ2) is 12.8. The van der Waals surface area contributed by atoms with Gasteiger partial charge in [-0.25, -0.2) is 9.59 Å². The fourth-order valence-electron chi connectivity index (χ4n) is 2.28. The highest BCUT2D eigenvalue weighted by Crippen LogP contribution is 2.56. The van der Waals surface area contributed by atoms with Gasteiger partial charge in [-0.2, -0.15) is 0 Å². The highest BCUT2D eigenvalue weighted by molar-refractivity contribution is 7.54. The number of esters is 2. The summed E-state index contributed by atoms with van der Waals surface area (Å²) in [6, 6.07) is 0. The number of rotatable bonds is 14. The lowest BCUT2D eigenvalue weighted by molar-refractivity contribution is -0.209. The van der Waals surface area contributed by atoms with Crippen molar-refractivity contribution in [3.05, 3.63) is 0 Å². The molecule has 2 N–H and O–H groups in total. The van der Waals surface area contributed by atoms with Gasteiger partial charge in [0.2, 0.25) is 6.10 Å². The number of ether oxygens (including phenoxy) is 4. The Labute approximate surface area is 180 Å². The quantitative estimate of drug-likeness (QED) is 0.299. The first kappa shape index (κ1) is 29.0. The van der Waals surface area contributed by atoms with Gasteiger partial charge in [-0.05, 0) is 53.4 Å². The molecule has 178 valence electrons. The van der Waals surface area contributed by atoms with Gasteiger partial charge in [0.05, 0.1) is 24.4 Å². The van der Waals surface area contributed by atoms with Crippen molar-refractivity contribution < 1.29 is 42.9 Å². The molecule has 0 aromatic carbocycles.